The van der Waals surface area contributed by atoms with Crippen LogP contribution in [0.15, 0.2) is 42.0 Å². The molecule has 2 aliphatic heterocycles. The average Bonchev–Trinajstić information content (AvgIpc) is 2.98. The second kappa shape index (κ2) is 6.03. The summed E-state index contributed by atoms with van der Waals surface area (Å²) < 4.78 is 17.9. The van der Waals surface area contributed by atoms with E-state index in [-0.39, 0.29) is 17.8 Å². The SMILES string of the molecule is COc1ccc2c(c1CC=C(C)C)O[C@@H]1c3ccc(O)cc3OC[C@H]21. The number of phenols is 1. The van der Waals surface area contributed by atoms with E-state index in [4.69, 9.17) is 14.2 Å². The van der Waals surface area contributed by atoms with Crippen LogP contribution in [0.2, 0.25) is 0 Å². The standard InChI is InChI=1S/C21H22O4/c1-12(2)4-6-15-18(23-3)9-8-14-17-11-24-19-10-13(22)5-7-16(19)21(17)25-20(14)15/h4-5,7-10,17,21-22H,6,11H2,1-3H3/t17-,21-/m1/s1. The Hall–Kier alpha value is -2.62. The molecule has 0 spiro atoms. The van der Waals surface area contributed by atoms with E-state index < -0.39 is 0 Å². The van der Waals surface area contributed by atoms with Gasteiger partial charge in [0.25, 0.3) is 0 Å². The molecule has 0 unspecified atom stereocenters. The molecule has 4 nitrogen and oxygen atoms in total. The van der Waals surface area contributed by atoms with Crippen LogP contribution in [0.5, 0.6) is 23.0 Å². The first-order valence-electron chi connectivity index (χ1n) is 8.54. The van der Waals surface area contributed by atoms with Gasteiger partial charge >= 0.3 is 0 Å². The molecule has 130 valence electrons. The fourth-order valence-corrected chi connectivity index (χ4v) is 3.64. The largest absolute Gasteiger partial charge is 0.508 e. The van der Waals surface area contributed by atoms with Crippen molar-refractivity contribution in [2.24, 2.45) is 0 Å². The van der Waals surface area contributed by atoms with Crippen LogP contribution in [0.3, 0.4) is 0 Å². The molecule has 0 fully saturated rings. The number of hydrogen-bond acceptors (Lipinski definition) is 4. The van der Waals surface area contributed by atoms with Crippen molar-refractivity contribution >= 4 is 0 Å². The summed E-state index contributed by atoms with van der Waals surface area (Å²) in [5.41, 5.74) is 4.49. The molecule has 0 bridgehead atoms. The minimum atomic E-state index is -0.0862. The van der Waals surface area contributed by atoms with E-state index in [0.717, 1.165) is 29.0 Å². The number of hydrogen-bond donors (Lipinski definition) is 1. The molecular weight excluding hydrogens is 316 g/mol. The Labute approximate surface area is 147 Å². The molecule has 4 rings (SSSR count). The number of fused-ring (bicyclic) bond motifs is 5. The van der Waals surface area contributed by atoms with Gasteiger partial charge in [0.1, 0.15) is 29.1 Å². The van der Waals surface area contributed by atoms with Crippen LogP contribution in [0, 0.1) is 0 Å². The Bertz CT molecular complexity index is 849. The number of benzene rings is 2. The number of aromatic hydroxyl groups is 1. The van der Waals surface area contributed by atoms with Gasteiger partial charge < -0.3 is 19.3 Å². The van der Waals surface area contributed by atoms with Crippen LogP contribution in [0.25, 0.3) is 0 Å². The lowest BCUT2D eigenvalue weighted by molar-refractivity contribution is 0.138. The third kappa shape index (κ3) is 2.62. The second-order valence-corrected chi connectivity index (χ2v) is 6.83. The summed E-state index contributed by atoms with van der Waals surface area (Å²) in [5.74, 6) is 2.83. The summed E-state index contributed by atoms with van der Waals surface area (Å²) in [4.78, 5) is 0. The lowest BCUT2D eigenvalue weighted by Crippen LogP contribution is -2.22. The summed E-state index contributed by atoms with van der Waals surface area (Å²) in [7, 11) is 1.69. The molecule has 25 heavy (non-hydrogen) atoms. The van der Waals surface area contributed by atoms with Crippen LogP contribution in [0.4, 0.5) is 0 Å². The third-order valence-corrected chi connectivity index (χ3v) is 4.91. The van der Waals surface area contributed by atoms with Gasteiger partial charge in [-0.3, -0.25) is 0 Å². The summed E-state index contributed by atoms with van der Waals surface area (Å²) >= 11 is 0. The zero-order valence-corrected chi connectivity index (χ0v) is 14.7. The van der Waals surface area contributed by atoms with Gasteiger partial charge in [0.15, 0.2) is 0 Å². The van der Waals surface area contributed by atoms with E-state index in [2.05, 4.69) is 26.0 Å². The number of methoxy groups -OCH3 is 1. The Morgan fingerprint density at radius 3 is 2.80 bits per heavy atom. The minimum absolute atomic E-state index is 0.0862. The first-order valence-corrected chi connectivity index (χ1v) is 8.54. The van der Waals surface area contributed by atoms with Gasteiger partial charge in [-0.1, -0.05) is 17.7 Å². The van der Waals surface area contributed by atoms with Crippen molar-refractivity contribution in [3.05, 3.63) is 58.7 Å². The first-order chi connectivity index (χ1) is 12.1. The highest BCUT2D eigenvalue weighted by Gasteiger charge is 2.42. The van der Waals surface area contributed by atoms with Crippen LogP contribution in [-0.4, -0.2) is 18.8 Å². The van der Waals surface area contributed by atoms with Crippen LogP contribution in [0.1, 0.15) is 42.6 Å². The van der Waals surface area contributed by atoms with Crippen molar-refractivity contribution in [2.75, 3.05) is 13.7 Å². The van der Waals surface area contributed by atoms with E-state index in [9.17, 15) is 5.11 Å². The van der Waals surface area contributed by atoms with E-state index in [1.54, 1.807) is 19.2 Å². The fourth-order valence-electron chi connectivity index (χ4n) is 3.64. The summed E-state index contributed by atoms with van der Waals surface area (Å²) in [6.45, 7) is 4.72. The van der Waals surface area contributed by atoms with Crippen molar-refractivity contribution < 1.29 is 19.3 Å². The molecule has 2 atom stereocenters. The van der Waals surface area contributed by atoms with Crippen LogP contribution in [-0.2, 0) is 6.42 Å². The predicted octanol–water partition coefficient (Wildman–Crippen LogP) is 4.52. The molecule has 2 aliphatic rings. The molecule has 2 aromatic rings. The molecule has 0 aliphatic carbocycles. The van der Waals surface area contributed by atoms with Crippen LogP contribution >= 0.6 is 0 Å². The van der Waals surface area contributed by atoms with Crippen molar-refractivity contribution in [1.29, 1.82) is 0 Å². The first kappa shape index (κ1) is 15.9. The Morgan fingerprint density at radius 1 is 1.24 bits per heavy atom. The van der Waals surface area contributed by atoms with Gasteiger partial charge in [-0.15, -0.1) is 0 Å². The number of allylic oxidation sites excluding steroid dienone is 2. The van der Waals surface area contributed by atoms with Crippen molar-refractivity contribution in [3.63, 3.8) is 0 Å². The van der Waals surface area contributed by atoms with Gasteiger partial charge in [0.2, 0.25) is 0 Å². The lowest BCUT2D eigenvalue weighted by Gasteiger charge is -2.27. The molecule has 1 N–H and O–H groups in total. The Kier molecular flexibility index (Phi) is 3.83. The lowest BCUT2D eigenvalue weighted by atomic mass is 9.88. The monoisotopic (exact) mass is 338 g/mol. The zero-order valence-electron chi connectivity index (χ0n) is 14.7. The Balaban J connectivity index is 1.78. The topological polar surface area (TPSA) is 47.9 Å². The smallest absolute Gasteiger partial charge is 0.138 e. The van der Waals surface area contributed by atoms with Gasteiger partial charge in [0.05, 0.1) is 19.6 Å². The van der Waals surface area contributed by atoms with Gasteiger partial charge in [-0.25, -0.2) is 0 Å². The molecular formula is C21H22O4. The predicted molar refractivity (Wildman–Crippen MR) is 95.8 cm³/mol. The van der Waals surface area contributed by atoms with E-state index in [0.29, 0.717) is 12.4 Å². The summed E-state index contributed by atoms with van der Waals surface area (Å²) in [6, 6.07) is 9.33. The molecule has 0 saturated carbocycles. The zero-order chi connectivity index (χ0) is 17.6. The molecule has 2 aromatic carbocycles. The fraction of sp³-hybridized carbons (Fsp3) is 0.333. The third-order valence-electron chi connectivity index (χ3n) is 4.91. The maximum atomic E-state index is 9.69. The summed E-state index contributed by atoms with van der Waals surface area (Å²) in [5, 5.41) is 9.69. The second-order valence-electron chi connectivity index (χ2n) is 6.83. The maximum Gasteiger partial charge on any atom is 0.138 e. The average molecular weight is 338 g/mol. The van der Waals surface area contributed by atoms with Gasteiger partial charge in [-0.05, 0) is 38.5 Å². The van der Waals surface area contributed by atoms with Crippen molar-refractivity contribution in [1.82, 2.24) is 0 Å². The maximum absolute atomic E-state index is 9.69. The highest BCUT2D eigenvalue weighted by molar-refractivity contribution is 5.57. The quantitative estimate of drug-likeness (QED) is 0.836. The number of phenolic OH excluding ortho intramolecular Hbond substituents is 1. The highest BCUT2D eigenvalue weighted by atomic mass is 16.5. The number of ether oxygens (including phenoxy) is 3. The highest BCUT2D eigenvalue weighted by Crippen LogP contribution is 2.53. The van der Waals surface area contributed by atoms with E-state index in [1.165, 1.54) is 11.1 Å². The van der Waals surface area contributed by atoms with E-state index >= 15 is 0 Å². The molecule has 2 heterocycles. The Morgan fingerprint density at radius 2 is 2.04 bits per heavy atom. The molecule has 0 aromatic heterocycles. The molecule has 4 heteroatoms. The molecule has 0 saturated heterocycles. The van der Waals surface area contributed by atoms with Crippen LogP contribution < -0.4 is 14.2 Å². The normalized spacial score (nSPS) is 19.8. The molecule has 0 radical (unpaired) electrons. The van der Waals surface area contributed by atoms with Gasteiger partial charge in [-0.2, -0.15) is 0 Å². The summed E-state index contributed by atoms with van der Waals surface area (Å²) in [6.07, 6.45) is 2.88. The van der Waals surface area contributed by atoms with Crippen molar-refractivity contribution in [3.8, 4) is 23.0 Å². The minimum Gasteiger partial charge on any atom is -0.508 e. The van der Waals surface area contributed by atoms with Crippen molar-refractivity contribution in [2.45, 2.75) is 32.3 Å². The van der Waals surface area contributed by atoms with E-state index in [1.807, 2.05) is 12.1 Å². The molecule has 0 amide bonds. The number of rotatable bonds is 3. The van der Waals surface area contributed by atoms with Gasteiger partial charge in [0, 0.05) is 22.8 Å².